The summed E-state index contributed by atoms with van der Waals surface area (Å²) in [6.07, 6.45) is 45.0. The van der Waals surface area contributed by atoms with Crippen LogP contribution in [-0.2, 0) is 9.53 Å². The van der Waals surface area contributed by atoms with Crippen LogP contribution in [0.2, 0.25) is 0 Å². The summed E-state index contributed by atoms with van der Waals surface area (Å²) in [7, 11) is 1.33. The van der Waals surface area contributed by atoms with Gasteiger partial charge in [0.1, 0.15) is 0 Å². The standard InChI is InChI=1S/3C10H20.C5H8O2/c3*1-2-4-6-8-10-9-7-5-3-1;1-4(2)5(6)7-3/h3*1-10H2;1H2,2-3H3. The monoisotopic (exact) mass is 521 g/mol. The van der Waals surface area contributed by atoms with E-state index >= 15 is 0 Å². The fourth-order valence-corrected chi connectivity index (χ4v) is 5.48. The summed E-state index contributed by atoms with van der Waals surface area (Å²) < 4.78 is 4.27. The fourth-order valence-electron chi connectivity index (χ4n) is 5.48. The third-order valence-corrected chi connectivity index (χ3v) is 8.03. The summed E-state index contributed by atoms with van der Waals surface area (Å²) in [6.45, 7) is 4.95. The fraction of sp³-hybridized carbons (Fsp3) is 0.914. The first-order valence-electron chi connectivity index (χ1n) is 16.9. The van der Waals surface area contributed by atoms with Gasteiger partial charge >= 0.3 is 5.97 Å². The van der Waals surface area contributed by atoms with Crippen molar-refractivity contribution in [1.82, 2.24) is 0 Å². The van der Waals surface area contributed by atoms with Crippen LogP contribution in [0.5, 0.6) is 0 Å². The number of carbonyl (C=O) groups excluding carboxylic acids is 1. The van der Waals surface area contributed by atoms with E-state index < -0.39 is 0 Å². The number of methoxy groups -OCH3 is 1. The maximum absolute atomic E-state index is 10.2. The second-order valence-corrected chi connectivity index (χ2v) is 11.9. The minimum Gasteiger partial charge on any atom is -0.466 e. The zero-order valence-corrected chi connectivity index (χ0v) is 25.7. The molecule has 3 aliphatic carbocycles. The molecule has 0 amide bonds. The van der Waals surface area contributed by atoms with Gasteiger partial charge in [0.25, 0.3) is 0 Å². The van der Waals surface area contributed by atoms with Gasteiger partial charge in [-0.15, -0.1) is 0 Å². The molecule has 0 N–H and O–H groups in total. The van der Waals surface area contributed by atoms with Crippen molar-refractivity contribution in [3.8, 4) is 0 Å². The molecular formula is C35H68O2. The van der Waals surface area contributed by atoms with Gasteiger partial charge in [-0.25, -0.2) is 4.79 Å². The Morgan fingerprint density at radius 3 is 0.514 bits per heavy atom. The molecular weight excluding hydrogens is 452 g/mol. The summed E-state index contributed by atoms with van der Waals surface area (Å²) in [5, 5.41) is 0. The normalized spacial score (nSPS) is 20.9. The molecule has 0 aromatic carbocycles. The molecule has 2 heteroatoms. The zero-order valence-electron chi connectivity index (χ0n) is 25.7. The molecule has 0 bridgehead atoms. The third-order valence-electron chi connectivity index (χ3n) is 8.03. The van der Waals surface area contributed by atoms with E-state index in [1.807, 2.05) is 0 Å². The Labute approximate surface area is 234 Å². The average Bonchev–Trinajstić information content (AvgIpc) is 2.94. The molecule has 0 aromatic rings. The van der Waals surface area contributed by atoms with Crippen molar-refractivity contribution in [3.63, 3.8) is 0 Å². The lowest BCUT2D eigenvalue weighted by Gasteiger charge is -2.05. The predicted octanol–water partition coefficient (Wildman–Crippen LogP) is 12.4. The molecule has 0 atom stereocenters. The van der Waals surface area contributed by atoms with Gasteiger partial charge in [-0.3, -0.25) is 0 Å². The Kier molecular flexibility index (Phi) is 30.8. The molecule has 3 aliphatic rings. The summed E-state index contributed by atoms with van der Waals surface area (Å²) in [6, 6.07) is 0. The number of ether oxygens (including phenoxy) is 1. The van der Waals surface area contributed by atoms with E-state index in [1.54, 1.807) is 6.92 Å². The Morgan fingerprint density at radius 2 is 0.486 bits per heavy atom. The number of esters is 1. The lowest BCUT2D eigenvalue weighted by molar-refractivity contribution is -0.136. The Bertz CT molecular complexity index is 323. The van der Waals surface area contributed by atoms with Crippen LogP contribution in [0.4, 0.5) is 0 Å². The van der Waals surface area contributed by atoms with Crippen LogP contribution in [0.3, 0.4) is 0 Å². The van der Waals surface area contributed by atoms with Gasteiger partial charge in [-0.2, -0.15) is 0 Å². The number of hydrogen-bond acceptors (Lipinski definition) is 2. The zero-order chi connectivity index (χ0) is 27.1. The Balaban J connectivity index is 0.000000472. The first-order valence-corrected chi connectivity index (χ1v) is 16.9. The summed E-state index contributed by atoms with van der Waals surface area (Å²) in [5.74, 6) is -0.347. The van der Waals surface area contributed by atoms with Crippen molar-refractivity contribution in [2.24, 2.45) is 0 Å². The van der Waals surface area contributed by atoms with Crippen LogP contribution in [0.1, 0.15) is 200 Å². The maximum atomic E-state index is 10.2. The van der Waals surface area contributed by atoms with Crippen molar-refractivity contribution in [2.45, 2.75) is 200 Å². The van der Waals surface area contributed by atoms with Gasteiger partial charge in [0, 0.05) is 5.57 Å². The quantitative estimate of drug-likeness (QED) is 0.254. The highest BCUT2D eigenvalue weighted by Crippen LogP contribution is 2.17. The molecule has 2 nitrogen and oxygen atoms in total. The van der Waals surface area contributed by atoms with Crippen LogP contribution in [0.15, 0.2) is 12.2 Å². The molecule has 0 aromatic heterocycles. The summed E-state index contributed by atoms with van der Waals surface area (Å²) in [4.78, 5) is 10.2. The van der Waals surface area contributed by atoms with Crippen molar-refractivity contribution in [2.75, 3.05) is 7.11 Å². The first kappa shape index (κ1) is 36.2. The molecule has 3 rings (SSSR count). The van der Waals surface area contributed by atoms with E-state index in [9.17, 15) is 4.79 Å². The summed E-state index contributed by atoms with van der Waals surface area (Å²) in [5.41, 5.74) is 0.433. The van der Waals surface area contributed by atoms with Crippen LogP contribution < -0.4 is 0 Å². The minimum atomic E-state index is -0.347. The average molecular weight is 521 g/mol. The largest absolute Gasteiger partial charge is 0.466 e. The summed E-state index contributed by atoms with van der Waals surface area (Å²) >= 11 is 0. The maximum Gasteiger partial charge on any atom is 0.332 e. The Morgan fingerprint density at radius 1 is 0.378 bits per heavy atom. The van der Waals surface area contributed by atoms with E-state index in [1.165, 1.54) is 200 Å². The lowest BCUT2D eigenvalue weighted by Crippen LogP contribution is -1.98. The predicted molar refractivity (Wildman–Crippen MR) is 165 cm³/mol. The second-order valence-electron chi connectivity index (χ2n) is 11.9. The molecule has 0 aliphatic heterocycles. The van der Waals surface area contributed by atoms with E-state index in [2.05, 4.69) is 11.3 Å². The Hall–Kier alpha value is -0.790. The van der Waals surface area contributed by atoms with E-state index in [0.717, 1.165) is 0 Å². The molecule has 3 saturated carbocycles. The lowest BCUT2D eigenvalue weighted by atomic mass is 10.0. The molecule has 37 heavy (non-hydrogen) atoms. The second kappa shape index (κ2) is 31.4. The SMILES string of the molecule is C1CCCCCCCCC1.C1CCCCCCCCC1.C1CCCCCCCCC1.C=C(C)C(=O)OC. The van der Waals surface area contributed by atoms with Crippen LogP contribution in [0, 0.1) is 0 Å². The molecule has 0 radical (unpaired) electrons. The van der Waals surface area contributed by atoms with Crippen LogP contribution in [-0.4, -0.2) is 13.1 Å². The van der Waals surface area contributed by atoms with Gasteiger partial charge < -0.3 is 4.74 Å². The molecule has 3 fully saturated rings. The third kappa shape index (κ3) is 31.3. The molecule has 0 unspecified atom stereocenters. The van der Waals surface area contributed by atoms with Crippen LogP contribution in [0.25, 0.3) is 0 Å². The van der Waals surface area contributed by atoms with Crippen LogP contribution >= 0.6 is 0 Å². The molecule has 0 heterocycles. The number of carbonyl (C=O) groups is 1. The smallest absolute Gasteiger partial charge is 0.332 e. The van der Waals surface area contributed by atoms with E-state index in [-0.39, 0.29) is 5.97 Å². The van der Waals surface area contributed by atoms with Gasteiger partial charge in [-0.1, -0.05) is 199 Å². The van der Waals surface area contributed by atoms with Crippen molar-refractivity contribution < 1.29 is 9.53 Å². The van der Waals surface area contributed by atoms with Gasteiger partial charge in [0.05, 0.1) is 7.11 Å². The molecule has 0 saturated heterocycles. The minimum absolute atomic E-state index is 0.347. The van der Waals surface area contributed by atoms with Gasteiger partial charge in [0.2, 0.25) is 0 Å². The highest BCUT2D eigenvalue weighted by Gasteiger charge is 1.98. The van der Waals surface area contributed by atoms with E-state index in [4.69, 9.17) is 0 Å². The first-order chi connectivity index (χ1) is 18.2. The molecule has 220 valence electrons. The van der Waals surface area contributed by atoms with E-state index in [0.29, 0.717) is 5.57 Å². The van der Waals surface area contributed by atoms with Gasteiger partial charge in [0.15, 0.2) is 0 Å². The highest BCUT2D eigenvalue weighted by molar-refractivity contribution is 5.86. The number of rotatable bonds is 1. The van der Waals surface area contributed by atoms with Gasteiger partial charge in [-0.05, 0) is 6.92 Å². The van der Waals surface area contributed by atoms with Crippen molar-refractivity contribution in [1.29, 1.82) is 0 Å². The van der Waals surface area contributed by atoms with Crippen molar-refractivity contribution >= 4 is 5.97 Å². The number of hydrogen-bond donors (Lipinski definition) is 0. The topological polar surface area (TPSA) is 26.3 Å². The van der Waals surface area contributed by atoms with Crippen molar-refractivity contribution in [3.05, 3.63) is 12.2 Å². The molecule has 0 spiro atoms. The highest BCUT2D eigenvalue weighted by atomic mass is 16.5.